The van der Waals surface area contributed by atoms with Crippen molar-refractivity contribution in [1.29, 1.82) is 0 Å². The number of amides is 1. The number of hydrogen-bond donors (Lipinski definition) is 2. The van der Waals surface area contributed by atoms with Crippen LogP contribution in [-0.2, 0) is 4.79 Å². The summed E-state index contributed by atoms with van der Waals surface area (Å²) >= 11 is 8.50. The van der Waals surface area contributed by atoms with Crippen molar-refractivity contribution < 1.29 is 4.79 Å². The van der Waals surface area contributed by atoms with Gasteiger partial charge in [0.15, 0.2) is 0 Å². The minimum absolute atomic E-state index is 0.237. The third kappa shape index (κ3) is 1.79. The first kappa shape index (κ1) is 11.9. The molecule has 18 heavy (non-hydrogen) atoms. The molecule has 90 valence electrons. The number of thiazole rings is 1. The lowest BCUT2D eigenvalue weighted by atomic mass is 10.1. The van der Waals surface area contributed by atoms with Gasteiger partial charge >= 0.3 is 4.87 Å². The molecule has 7 heteroatoms. The summed E-state index contributed by atoms with van der Waals surface area (Å²) < 4.78 is 0.854. The van der Waals surface area contributed by atoms with Crippen LogP contribution in [0.3, 0.4) is 0 Å². The van der Waals surface area contributed by atoms with Crippen LogP contribution in [0.4, 0.5) is 0 Å². The normalized spacial score (nSPS) is 13.7. The molecule has 0 fully saturated rings. The second kappa shape index (κ2) is 4.18. The van der Waals surface area contributed by atoms with Crippen molar-refractivity contribution in [3.05, 3.63) is 47.8 Å². The maximum absolute atomic E-state index is 11.9. The SMILES string of the molecule is O=C1N=c2ccc(Br)cc2=C1c1sc(=O)[nH]c1S. The first-order chi connectivity index (χ1) is 8.56. The van der Waals surface area contributed by atoms with E-state index in [9.17, 15) is 9.59 Å². The number of thiol groups is 1. The van der Waals surface area contributed by atoms with Crippen LogP contribution >= 0.6 is 39.9 Å². The molecule has 0 saturated heterocycles. The molecule has 0 bridgehead atoms. The molecule has 0 unspecified atom stereocenters. The number of aromatic amines is 1. The maximum atomic E-state index is 11.9. The fourth-order valence-electron chi connectivity index (χ4n) is 1.80. The van der Waals surface area contributed by atoms with Gasteiger partial charge in [-0.3, -0.25) is 9.59 Å². The van der Waals surface area contributed by atoms with E-state index in [0.29, 0.717) is 20.8 Å². The molecule has 3 rings (SSSR count). The Morgan fingerprint density at radius 3 is 2.78 bits per heavy atom. The van der Waals surface area contributed by atoms with Crippen molar-refractivity contribution in [3.63, 3.8) is 0 Å². The molecule has 0 spiro atoms. The van der Waals surface area contributed by atoms with Crippen LogP contribution in [0, 0.1) is 0 Å². The molecule has 1 N–H and O–H groups in total. The number of nitrogens with one attached hydrogen (secondary N) is 1. The molecule has 0 aliphatic carbocycles. The van der Waals surface area contributed by atoms with Crippen molar-refractivity contribution in [1.82, 2.24) is 4.98 Å². The number of aromatic nitrogens is 1. The van der Waals surface area contributed by atoms with Crippen LogP contribution in [0.25, 0.3) is 5.57 Å². The maximum Gasteiger partial charge on any atom is 0.305 e. The highest BCUT2D eigenvalue weighted by Gasteiger charge is 2.22. The van der Waals surface area contributed by atoms with E-state index in [1.54, 1.807) is 6.07 Å². The largest absolute Gasteiger partial charge is 0.307 e. The van der Waals surface area contributed by atoms with Crippen molar-refractivity contribution in [2.24, 2.45) is 4.99 Å². The Kier molecular flexibility index (Phi) is 2.76. The monoisotopic (exact) mass is 340 g/mol. The zero-order valence-corrected chi connectivity index (χ0v) is 12.0. The summed E-state index contributed by atoms with van der Waals surface area (Å²) in [5, 5.41) is 1.74. The van der Waals surface area contributed by atoms with Crippen molar-refractivity contribution in [2.75, 3.05) is 0 Å². The number of carbonyl (C=O) groups excluding carboxylic acids is 1. The zero-order valence-electron chi connectivity index (χ0n) is 8.73. The molecular formula is C11H5BrN2O2S2. The van der Waals surface area contributed by atoms with E-state index in [2.05, 4.69) is 38.5 Å². The van der Waals surface area contributed by atoms with E-state index >= 15 is 0 Å². The lowest BCUT2D eigenvalue weighted by Crippen LogP contribution is -2.22. The van der Waals surface area contributed by atoms with Crippen LogP contribution < -0.4 is 15.4 Å². The molecule has 4 nitrogen and oxygen atoms in total. The molecule has 1 aliphatic heterocycles. The van der Waals surface area contributed by atoms with Gasteiger partial charge in [0.2, 0.25) is 0 Å². The molecule has 2 heterocycles. The van der Waals surface area contributed by atoms with E-state index in [1.807, 2.05) is 12.1 Å². The van der Waals surface area contributed by atoms with Crippen LogP contribution in [0.15, 0.2) is 37.5 Å². The van der Waals surface area contributed by atoms with E-state index in [0.717, 1.165) is 21.0 Å². The minimum Gasteiger partial charge on any atom is -0.307 e. The highest BCUT2D eigenvalue weighted by atomic mass is 79.9. The molecule has 0 radical (unpaired) electrons. The second-order valence-corrected chi connectivity index (χ2v) is 5.99. The summed E-state index contributed by atoms with van der Waals surface area (Å²) in [7, 11) is 0. The minimum atomic E-state index is -0.339. The summed E-state index contributed by atoms with van der Waals surface area (Å²) in [6, 6.07) is 5.40. The third-order valence-electron chi connectivity index (χ3n) is 2.52. The average molecular weight is 341 g/mol. The number of nitrogens with zero attached hydrogens (tertiary/aromatic N) is 1. The molecule has 1 amide bonds. The van der Waals surface area contributed by atoms with Crippen LogP contribution in [0.5, 0.6) is 0 Å². The van der Waals surface area contributed by atoms with Crippen molar-refractivity contribution in [2.45, 2.75) is 5.03 Å². The fourth-order valence-corrected chi connectivity index (χ4v) is 3.37. The van der Waals surface area contributed by atoms with E-state index in [4.69, 9.17) is 0 Å². The van der Waals surface area contributed by atoms with Gasteiger partial charge < -0.3 is 4.98 Å². The molecule has 0 atom stereocenters. The quantitative estimate of drug-likeness (QED) is 0.756. The van der Waals surface area contributed by atoms with E-state index in [1.165, 1.54) is 0 Å². The Hall–Kier alpha value is -1.18. The van der Waals surface area contributed by atoms with Crippen LogP contribution in [-0.4, -0.2) is 10.9 Å². The number of halogens is 1. The zero-order chi connectivity index (χ0) is 12.9. The van der Waals surface area contributed by atoms with Gasteiger partial charge in [-0.25, -0.2) is 4.99 Å². The molecule has 1 aromatic heterocycles. The lowest BCUT2D eigenvalue weighted by molar-refractivity contribution is -0.112. The Morgan fingerprint density at radius 2 is 2.11 bits per heavy atom. The molecule has 1 aromatic carbocycles. The van der Waals surface area contributed by atoms with Gasteiger partial charge in [0.1, 0.15) is 0 Å². The molecular weight excluding hydrogens is 336 g/mol. The summed E-state index contributed by atoms with van der Waals surface area (Å²) in [5.41, 5.74) is 0.430. The predicted octanol–water partition coefficient (Wildman–Crippen LogP) is 0.846. The van der Waals surface area contributed by atoms with Gasteiger partial charge in [0.05, 0.1) is 20.8 Å². The van der Waals surface area contributed by atoms with Gasteiger partial charge in [-0.2, -0.15) is 0 Å². The average Bonchev–Trinajstić information content (AvgIpc) is 2.77. The van der Waals surface area contributed by atoms with Gasteiger partial charge in [-0.05, 0) is 18.2 Å². The number of hydrogen-bond acceptors (Lipinski definition) is 4. The molecule has 1 aliphatic rings. The lowest BCUT2D eigenvalue weighted by Gasteiger charge is -1.96. The standard InChI is InChI=1S/C11H5BrN2O2S2/c12-4-1-2-6-5(3-4)7(9(15)13-6)8-10(17)14-11(16)18-8/h1-3,17H,(H,14,16). The van der Waals surface area contributed by atoms with Gasteiger partial charge in [0.25, 0.3) is 5.91 Å². The topological polar surface area (TPSA) is 62.3 Å². The summed E-state index contributed by atoms with van der Waals surface area (Å²) in [5.74, 6) is -0.339. The van der Waals surface area contributed by atoms with Gasteiger partial charge in [-0.15, -0.1) is 12.6 Å². The summed E-state index contributed by atoms with van der Waals surface area (Å²) in [4.78, 5) is 30.1. The first-order valence-electron chi connectivity index (χ1n) is 4.91. The molecule has 0 saturated carbocycles. The van der Waals surface area contributed by atoms with E-state index in [-0.39, 0.29) is 10.8 Å². The highest BCUT2D eigenvalue weighted by Crippen LogP contribution is 2.23. The third-order valence-corrected chi connectivity index (χ3v) is 4.40. The van der Waals surface area contributed by atoms with Crippen LogP contribution in [0.2, 0.25) is 0 Å². The summed E-state index contributed by atoms with van der Waals surface area (Å²) in [6.45, 7) is 0. The fraction of sp³-hybridized carbons (Fsp3) is 0. The Bertz CT molecular complexity index is 851. The predicted molar refractivity (Wildman–Crippen MR) is 74.6 cm³/mol. The van der Waals surface area contributed by atoms with Crippen LogP contribution in [0.1, 0.15) is 4.88 Å². The number of fused-ring (bicyclic) bond motifs is 1. The number of H-pyrrole nitrogens is 1. The van der Waals surface area contributed by atoms with Crippen molar-refractivity contribution in [3.8, 4) is 0 Å². The second-order valence-electron chi connectivity index (χ2n) is 3.65. The Balaban J connectivity index is 2.45. The van der Waals surface area contributed by atoms with E-state index < -0.39 is 0 Å². The highest BCUT2D eigenvalue weighted by molar-refractivity contribution is 9.10. The van der Waals surface area contributed by atoms with Gasteiger partial charge in [-0.1, -0.05) is 27.3 Å². The summed E-state index contributed by atoms with van der Waals surface area (Å²) in [6.07, 6.45) is 0. The van der Waals surface area contributed by atoms with Gasteiger partial charge in [0, 0.05) is 9.69 Å². The smallest absolute Gasteiger partial charge is 0.305 e. The number of carbonyl (C=O) groups is 1. The number of benzene rings is 1. The first-order valence-corrected chi connectivity index (χ1v) is 6.97. The Morgan fingerprint density at radius 1 is 1.33 bits per heavy atom. The Labute approximate surface area is 119 Å². The number of rotatable bonds is 1. The molecule has 2 aromatic rings. The van der Waals surface area contributed by atoms with Crippen molar-refractivity contribution >= 4 is 51.4 Å².